The van der Waals surface area contributed by atoms with Crippen LogP contribution in [0.1, 0.15) is 31.1 Å². The zero-order chi connectivity index (χ0) is 14.0. The minimum atomic E-state index is -0.644. The second-order valence-electron chi connectivity index (χ2n) is 4.99. The molecule has 0 atom stereocenters. The lowest BCUT2D eigenvalue weighted by Crippen LogP contribution is -2.27. The number of hydrogen-bond donors (Lipinski definition) is 1. The van der Waals surface area contributed by atoms with E-state index in [1.165, 1.54) is 0 Å². The molecule has 19 heavy (non-hydrogen) atoms. The number of aldehydes is 1. The van der Waals surface area contributed by atoms with Crippen molar-refractivity contribution in [3.8, 4) is 0 Å². The highest BCUT2D eigenvalue weighted by Crippen LogP contribution is 2.20. The molecule has 1 N–H and O–H groups in total. The largest absolute Gasteiger partial charge is 0.443 e. The number of benzene rings is 1. The third-order valence-electron chi connectivity index (χ3n) is 2.16. The molecule has 2 rings (SSSR count). The van der Waals surface area contributed by atoms with Crippen molar-refractivity contribution in [3.63, 3.8) is 0 Å². The maximum Gasteiger partial charge on any atom is 0.415 e. The molecule has 0 aliphatic rings. The summed E-state index contributed by atoms with van der Waals surface area (Å²) in [5, 5.41) is 2.40. The molecule has 0 aliphatic heterocycles. The summed E-state index contributed by atoms with van der Waals surface area (Å²) in [5.74, 6) is 0. The van der Waals surface area contributed by atoms with Crippen molar-refractivity contribution in [2.45, 2.75) is 26.4 Å². The second kappa shape index (κ2) is 4.72. The van der Waals surface area contributed by atoms with Gasteiger partial charge in [-0.1, -0.05) is 0 Å². The van der Waals surface area contributed by atoms with Crippen molar-refractivity contribution in [2.75, 3.05) is 5.32 Å². The van der Waals surface area contributed by atoms with Gasteiger partial charge in [0.2, 0.25) is 0 Å². The fraction of sp³-hybridized carbons (Fsp3) is 0.308. The average Bonchev–Trinajstić information content (AvgIpc) is 2.66. The fourth-order valence-electron chi connectivity index (χ4n) is 1.46. The van der Waals surface area contributed by atoms with Crippen LogP contribution in [0.5, 0.6) is 0 Å². The molecule has 0 saturated carbocycles. The summed E-state index contributed by atoms with van der Waals surface area (Å²) >= 11 is 0. The molecular formula is C13H14N2O4. The second-order valence-corrected chi connectivity index (χ2v) is 4.99. The molecule has 6 nitrogen and oxygen atoms in total. The van der Waals surface area contributed by atoms with Gasteiger partial charge in [0.05, 0.1) is 0 Å². The monoisotopic (exact) mass is 262 g/mol. The summed E-state index contributed by atoms with van der Waals surface area (Å²) in [4.78, 5) is 26.2. The van der Waals surface area contributed by atoms with Crippen molar-refractivity contribution < 1.29 is 18.7 Å². The lowest BCUT2D eigenvalue weighted by molar-refractivity contribution is 0.0632. The van der Waals surface area contributed by atoms with Gasteiger partial charge in [-0.2, -0.15) is 4.98 Å². The Kier molecular flexibility index (Phi) is 3.25. The summed E-state index contributed by atoms with van der Waals surface area (Å²) in [7, 11) is 0. The normalized spacial score (nSPS) is 11.3. The van der Waals surface area contributed by atoms with Crippen molar-refractivity contribution in [1.29, 1.82) is 0 Å². The van der Waals surface area contributed by atoms with E-state index >= 15 is 0 Å². The highest BCUT2D eigenvalue weighted by molar-refractivity contribution is 5.87. The Bertz CT molecular complexity index is 625. The van der Waals surface area contributed by atoms with E-state index in [4.69, 9.17) is 9.15 Å². The Morgan fingerprint density at radius 1 is 1.42 bits per heavy atom. The van der Waals surface area contributed by atoms with Gasteiger partial charge in [-0.3, -0.25) is 4.79 Å². The Morgan fingerprint density at radius 3 is 2.79 bits per heavy atom. The third kappa shape index (κ3) is 3.31. The minimum absolute atomic E-state index is 0.0345. The molecule has 0 fully saturated rings. The van der Waals surface area contributed by atoms with E-state index in [2.05, 4.69) is 10.3 Å². The summed E-state index contributed by atoms with van der Waals surface area (Å²) in [6.07, 6.45) is 0.0735. The van der Waals surface area contributed by atoms with Crippen molar-refractivity contribution >= 4 is 29.5 Å². The number of amides is 1. The van der Waals surface area contributed by atoms with Gasteiger partial charge in [-0.15, -0.1) is 0 Å². The number of rotatable bonds is 2. The first-order valence-corrected chi connectivity index (χ1v) is 5.73. The molecule has 0 bridgehead atoms. The maximum absolute atomic E-state index is 11.5. The van der Waals surface area contributed by atoms with E-state index < -0.39 is 11.7 Å². The highest BCUT2D eigenvalue weighted by Gasteiger charge is 2.18. The lowest BCUT2D eigenvalue weighted by atomic mass is 10.2. The number of anilines is 1. The predicted molar refractivity (Wildman–Crippen MR) is 69.3 cm³/mol. The number of aromatic nitrogens is 1. The van der Waals surface area contributed by atoms with Gasteiger partial charge < -0.3 is 9.15 Å². The van der Waals surface area contributed by atoms with Crippen LogP contribution in [-0.2, 0) is 4.74 Å². The van der Waals surface area contributed by atoms with E-state index in [0.717, 1.165) is 6.29 Å². The van der Waals surface area contributed by atoms with Gasteiger partial charge in [-0.05, 0) is 39.0 Å². The number of nitrogens with one attached hydrogen (secondary N) is 1. The van der Waals surface area contributed by atoms with Crippen molar-refractivity contribution in [1.82, 2.24) is 4.98 Å². The van der Waals surface area contributed by atoms with Gasteiger partial charge in [0, 0.05) is 5.56 Å². The summed E-state index contributed by atoms with van der Waals surface area (Å²) in [6, 6.07) is 4.84. The van der Waals surface area contributed by atoms with Crippen LogP contribution in [0.3, 0.4) is 0 Å². The van der Waals surface area contributed by atoms with Crippen molar-refractivity contribution in [3.05, 3.63) is 23.8 Å². The summed E-state index contributed by atoms with van der Waals surface area (Å²) in [5.41, 5.74) is 0.873. The molecule has 0 saturated heterocycles. The standard InChI is InChI=1S/C13H14N2O4/c1-13(2,3)19-12(17)15-11-14-9-6-8(7-16)4-5-10(9)18-11/h4-7H,1-3H3,(H,14,15,17). The smallest absolute Gasteiger partial charge is 0.415 e. The average molecular weight is 262 g/mol. The number of carbonyl (C=O) groups is 2. The van der Waals surface area contributed by atoms with Gasteiger partial charge in [0.25, 0.3) is 0 Å². The Balaban J connectivity index is 2.17. The van der Waals surface area contributed by atoms with Crippen LogP contribution in [0.25, 0.3) is 11.1 Å². The molecule has 1 heterocycles. The van der Waals surface area contributed by atoms with Crippen LogP contribution in [0.15, 0.2) is 22.6 Å². The number of carbonyl (C=O) groups excluding carboxylic acids is 2. The number of oxazole rings is 1. The molecule has 6 heteroatoms. The Hall–Kier alpha value is -2.37. The van der Waals surface area contributed by atoms with Gasteiger partial charge in [0.15, 0.2) is 5.58 Å². The molecule has 0 unspecified atom stereocenters. The van der Waals surface area contributed by atoms with E-state index in [1.807, 2.05) is 0 Å². The molecule has 2 aromatic rings. The quantitative estimate of drug-likeness (QED) is 0.841. The van der Waals surface area contributed by atoms with Crippen LogP contribution < -0.4 is 5.32 Å². The van der Waals surface area contributed by atoms with Gasteiger partial charge in [-0.25, -0.2) is 10.1 Å². The van der Waals surface area contributed by atoms with Crippen LogP contribution in [0, 0.1) is 0 Å². The number of ether oxygens (including phenoxy) is 1. The molecule has 0 radical (unpaired) electrons. The third-order valence-corrected chi connectivity index (χ3v) is 2.16. The Labute approximate surface area is 109 Å². The zero-order valence-electron chi connectivity index (χ0n) is 10.9. The van der Waals surface area contributed by atoms with E-state index in [1.54, 1.807) is 39.0 Å². The predicted octanol–water partition coefficient (Wildman–Crippen LogP) is 2.99. The molecule has 0 aliphatic carbocycles. The lowest BCUT2D eigenvalue weighted by Gasteiger charge is -2.18. The van der Waals surface area contributed by atoms with Crippen molar-refractivity contribution in [2.24, 2.45) is 0 Å². The fourth-order valence-corrected chi connectivity index (χ4v) is 1.46. The molecule has 1 amide bonds. The minimum Gasteiger partial charge on any atom is -0.443 e. The molecule has 1 aromatic carbocycles. The van der Waals surface area contributed by atoms with Crippen LogP contribution in [-0.4, -0.2) is 23.0 Å². The van der Waals surface area contributed by atoms with E-state index in [-0.39, 0.29) is 6.01 Å². The zero-order valence-corrected chi connectivity index (χ0v) is 10.9. The highest BCUT2D eigenvalue weighted by atomic mass is 16.6. The molecule has 100 valence electrons. The van der Waals surface area contributed by atoms with Gasteiger partial charge in [0.1, 0.15) is 17.4 Å². The first kappa shape index (κ1) is 13.1. The number of fused-ring (bicyclic) bond motifs is 1. The topological polar surface area (TPSA) is 81.4 Å². The van der Waals surface area contributed by atoms with Crippen LogP contribution in [0.2, 0.25) is 0 Å². The molecular weight excluding hydrogens is 248 g/mol. The maximum atomic E-state index is 11.5. The van der Waals surface area contributed by atoms with Gasteiger partial charge >= 0.3 is 12.1 Å². The summed E-state index contributed by atoms with van der Waals surface area (Å²) < 4.78 is 10.4. The first-order valence-electron chi connectivity index (χ1n) is 5.73. The number of nitrogens with zero attached hydrogens (tertiary/aromatic N) is 1. The Morgan fingerprint density at radius 2 is 2.16 bits per heavy atom. The van der Waals surface area contributed by atoms with E-state index in [9.17, 15) is 9.59 Å². The molecule has 1 aromatic heterocycles. The van der Waals surface area contributed by atoms with E-state index in [0.29, 0.717) is 16.7 Å². The van der Waals surface area contributed by atoms with Crippen LogP contribution >= 0.6 is 0 Å². The summed E-state index contributed by atoms with van der Waals surface area (Å²) in [6.45, 7) is 5.28. The molecule has 0 spiro atoms. The number of hydrogen-bond acceptors (Lipinski definition) is 5. The first-order chi connectivity index (χ1) is 8.87. The van der Waals surface area contributed by atoms with Crippen LogP contribution in [0.4, 0.5) is 10.8 Å². The SMILES string of the molecule is CC(C)(C)OC(=O)Nc1nc2cc(C=O)ccc2o1.